The number of fused-ring (bicyclic) bond motifs is 5. The molecule has 544 valence electrons. The molecular formula is C70H85F2N15O13S2. The van der Waals surface area contributed by atoms with Crippen molar-refractivity contribution in [3.8, 4) is 5.75 Å². The standard InChI is InChI=1S/C70H85F2N15O13S2/c1-2-70-19-6-21-87(70)68(99)57(24-39-10-14-47(88)15-11-39)85-66(97)55(29-46-33-75-38-79-46)83-67(98)56(30-61(91)92)84-65(96)54(26-43-32-77-51-17-13-45(72)28-49(43)51)82-64(95)53(25-42-31-76-50-16-12-44(71)27-48(42)50)81-60(90)34-78-63(94)52(9-3-4-20-73)80-59(89)18-22-101-35-40-7-5-8-41(23-40)36-102-37-58(62(74)93)86-69(70)100/h5,7-8,10-17,23,27-28,31-33,38,52-58,62,76-77,88,93H,2-4,6,9,18-22,24-26,29-30,34-37,73-74H2,1H3,(H,75,79)(H,78,94)(H,80,89)(H,81,90)(H,82,95)(H,83,98)(H,84,96)(H,85,97)(H,86,100)(H,91,92)/t52-,53-,54-,55-,56-,57-,58-,62?,70-/m0/s1. The highest BCUT2D eigenvalue weighted by atomic mass is 32.2. The minimum absolute atomic E-state index is 0.0172. The van der Waals surface area contributed by atoms with Gasteiger partial charge < -0.3 is 89.2 Å². The number of amides is 9. The maximum Gasteiger partial charge on any atom is 0.305 e. The van der Waals surface area contributed by atoms with Crippen LogP contribution in [0.1, 0.15) is 91.8 Å². The number of aromatic amines is 3. The Morgan fingerprint density at radius 3 is 1.86 bits per heavy atom. The first-order chi connectivity index (χ1) is 49.0. The smallest absolute Gasteiger partial charge is 0.305 e. The van der Waals surface area contributed by atoms with E-state index in [1.807, 2.05) is 24.3 Å². The molecule has 0 aliphatic carbocycles. The molecule has 18 N–H and O–H groups in total. The second kappa shape index (κ2) is 36.1. The first-order valence-electron chi connectivity index (χ1n) is 33.5. The van der Waals surface area contributed by atoms with Gasteiger partial charge in [-0.3, -0.25) is 47.9 Å². The number of unbranched alkanes of at least 4 members (excludes halogenated alkanes) is 1. The maximum absolute atomic E-state index is 15.4. The third-order valence-electron chi connectivity index (χ3n) is 18.0. The molecule has 9 rings (SSSR count). The fourth-order valence-corrected chi connectivity index (χ4v) is 14.5. The summed E-state index contributed by atoms with van der Waals surface area (Å²) in [5.41, 5.74) is 14.4. The zero-order chi connectivity index (χ0) is 73.0. The number of nitrogens with one attached hydrogen (secondary N) is 11. The third kappa shape index (κ3) is 20.7. The van der Waals surface area contributed by atoms with Crippen LogP contribution >= 0.6 is 23.5 Å². The number of H-pyrrole nitrogens is 3. The van der Waals surface area contributed by atoms with Crippen molar-refractivity contribution >= 4 is 104 Å². The predicted molar refractivity (Wildman–Crippen MR) is 377 cm³/mol. The first kappa shape index (κ1) is 76.3. The van der Waals surface area contributed by atoms with Crippen LogP contribution in [0.3, 0.4) is 0 Å². The summed E-state index contributed by atoms with van der Waals surface area (Å²) in [7, 11) is 0. The third-order valence-corrected chi connectivity index (χ3v) is 20.2. The summed E-state index contributed by atoms with van der Waals surface area (Å²) in [6.07, 6.45) is 3.16. The van der Waals surface area contributed by atoms with Crippen LogP contribution in [0.15, 0.2) is 110 Å². The summed E-state index contributed by atoms with van der Waals surface area (Å²) in [6.45, 7) is 1.33. The van der Waals surface area contributed by atoms with E-state index in [2.05, 4.69) is 62.5 Å². The van der Waals surface area contributed by atoms with E-state index < -0.39 is 144 Å². The Bertz CT molecular complexity index is 4120. The lowest BCUT2D eigenvalue weighted by atomic mass is 9.90. The Morgan fingerprint density at radius 2 is 1.26 bits per heavy atom. The summed E-state index contributed by atoms with van der Waals surface area (Å²) in [4.78, 5) is 159. The molecule has 0 saturated carbocycles. The van der Waals surface area contributed by atoms with Crippen molar-refractivity contribution in [1.29, 1.82) is 0 Å². The highest BCUT2D eigenvalue weighted by Gasteiger charge is 2.51. The quantitative estimate of drug-likeness (QED) is 0.0488. The van der Waals surface area contributed by atoms with Crippen LogP contribution in [-0.2, 0) is 85.1 Å². The van der Waals surface area contributed by atoms with Gasteiger partial charge in [0.05, 0.1) is 25.3 Å². The minimum Gasteiger partial charge on any atom is -0.508 e. The van der Waals surface area contributed by atoms with E-state index >= 15 is 19.2 Å². The fourth-order valence-electron chi connectivity index (χ4n) is 12.6. The van der Waals surface area contributed by atoms with Crippen LogP contribution in [0.5, 0.6) is 5.75 Å². The highest BCUT2D eigenvalue weighted by Crippen LogP contribution is 2.35. The number of imidazole rings is 1. The van der Waals surface area contributed by atoms with Gasteiger partial charge >= 0.3 is 5.97 Å². The number of carboxylic acids is 1. The molecule has 102 heavy (non-hydrogen) atoms. The number of nitrogens with zero attached hydrogens (tertiary/aromatic N) is 2. The summed E-state index contributed by atoms with van der Waals surface area (Å²) >= 11 is 2.87. The van der Waals surface area contributed by atoms with Gasteiger partial charge in [-0.25, -0.2) is 13.8 Å². The molecule has 1 unspecified atom stereocenters. The molecule has 7 aromatic rings. The number of hydrogen-bond donors (Lipinski definition) is 16. The monoisotopic (exact) mass is 1450 g/mol. The number of aromatic hydroxyl groups is 1. The Labute approximate surface area is 594 Å². The van der Waals surface area contributed by atoms with E-state index in [4.69, 9.17) is 11.5 Å². The van der Waals surface area contributed by atoms with Crippen molar-refractivity contribution in [1.82, 2.24) is 67.4 Å². The van der Waals surface area contributed by atoms with Crippen molar-refractivity contribution in [2.45, 2.75) is 150 Å². The number of aliphatic hydroxyl groups is 1. The molecule has 0 spiro atoms. The Kier molecular flexibility index (Phi) is 27.0. The summed E-state index contributed by atoms with van der Waals surface area (Å²) in [6, 6.07) is 10.4. The van der Waals surface area contributed by atoms with Crippen molar-refractivity contribution in [2.24, 2.45) is 11.5 Å². The SMILES string of the molecule is CC[C@@]12CCCN1C(=O)[C@H](Cc1ccc(O)cc1)NC(=O)[C@H](Cc1cnc[nH]1)NC(=O)[C@H](CC(=O)O)NC(=O)[C@H](Cc1c[nH]c3ccc(F)cc13)NC(=O)[C@H](Cc1c[nH]c3ccc(F)cc13)NC(=O)CNC(=O)[C@H](CCCCN)NC(=O)CCSCc1cccc(c1)CSC[C@@H](C(N)O)NC2=O. The largest absolute Gasteiger partial charge is 0.508 e. The normalized spacial score (nSPS) is 23.0. The van der Waals surface area contributed by atoms with Crippen LogP contribution in [-0.4, -0.2) is 184 Å². The maximum atomic E-state index is 15.4. The molecule has 2 bridgehead atoms. The number of thioether (sulfide) groups is 2. The van der Waals surface area contributed by atoms with Gasteiger partial charge in [0.15, 0.2) is 0 Å². The average molecular weight is 1450 g/mol. The van der Waals surface area contributed by atoms with Crippen LogP contribution in [0.2, 0.25) is 0 Å². The number of halogens is 2. The van der Waals surface area contributed by atoms with Crippen molar-refractivity contribution in [3.63, 3.8) is 0 Å². The number of aromatic nitrogens is 4. The molecule has 0 radical (unpaired) electrons. The van der Waals surface area contributed by atoms with E-state index in [0.29, 0.717) is 70.6 Å². The predicted octanol–water partition coefficient (Wildman–Crippen LogP) is 2.36. The van der Waals surface area contributed by atoms with Crippen LogP contribution in [0.4, 0.5) is 8.78 Å². The molecular weight excluding hydrogens is 1360 g/mol. The molecule has 32 heteroatoms. The molecule has 3 aromatic heterocycles. The van der Waals surface area contributed by atoms with Crippen LogP contribution in [0.25, 0.3) is 21.8 Å². The molecule has 28 nitrogen and oxygen atoms in total. The van der Waals surface area contributed by atoms with Gasteiger partial charge in [-0.05, 0) is 121 Å². The number of rotatable bonds is 16. The lowest BCUT2D eigenvalue weighted by molar-refractivity contribution is -0.148. The Balaban J connectivity index is 1.06. The molecule has 5 heterocycles. The van der Waals surface area contributed by atoms with E-state index in [-0.39, 0.29) is 79.6 Å². The number of aliphatic carboxylic acids is 1. The molecule has 9 atom stereocenters. The van der Waals surface area contributed by atoms with Gasteiger partial charge in [0.2, 0.25) is 53.2 Å². The van der Waals surface area contributed by atoms with E-state index in [0.717, 1.165) is 11.1 Å². The lowest BCUT2D eigenvalue weighted by Crippen LogP contribution is -2.64. The number of hydrogen-bond acceptors (Lipinski definition) is 17. The second-order valence-corrected chi connectivity index (χ2v) is 27.5. The van der Waals surface area contributed by atoms with Crippen LogP contribution in [0, 0.1) is 11.6 Å². The van der Waals surface area contributed by atoms with Crippen molar-refractivity contribution in [3.05, 3.63) is 155 Å². The number of carbonyl (C=O) groups is 10. The summed E-state index contributed by atoms with van der Waals surface area (Å²) in [5, 5.41) is 53.4. The number of carboxylic acid groups (broad SMARTS) is 1. The number of carbonyl (C=O) groups excluding carboxylic acids is 9. The molecule has 9 amide bonds. The van der Waals surface area contributed by atoms with E-state index in [1.54, 1.807) is 6.92 Å². The zero-order valence-corrected chi connectivity index (χ0v) is 57.6. The van der Waals surface area contributed by atoms with E-state index in [9.17, 15) is 52.9 Å². The number of phenols is 1. The van der Waals surface area contributed by atoms with Gasteiger partial charge in [-0.2, -0.15) is 23.5 Å². The Morgan fingerprint density at radius 1 is 0.676 bits per heavy atom. The molecule has 4 aromatic carbocycles. The topological polar surface area (TPSA) is 443 Å². The molecule has 2 aliphatic heterocycles. The lowest BCUT2D eigenvalue weighted by Gasteiger charge is -2.40. The number of aliphatic hydroxyl groups excluding tert-OH is 1. The van der Waals surface area contributed by atoms with Gasteiger partial charge in [0.1, 0.15) is 65.4 Å². The fraction of sp³-hybridized carbons (Fsp3) is 0.414. The molecule has 1 fully saturated rings. The number of nitrogens with two attached hydrogens (primary N) is 2. The second-order valence-electron chi connectivity index (χ2n) is 25.3. The molecule has 1 saturated heterocycles. The highest BCUT2D eigenvalue weighted by molar-refractivity contribution is 7.98. The van der Waals surface area contributed by atoms with E-state index in [1.165, 1.54) is 114 Å². The van der Waals surface area contributed by atoms with Crippen LogP contribution < -0.4 is 54.0 Å². The molecule has 2 aliphatic rings. The summed E-state index contributed by atoms with van der Waals surface area (Å²) in [5.74, 6) is -9.47. The van der Waals surface area contributed by atoms with Gasteiger partial charge in [0, 0.05) is 108 Å². The van der Waals surface area contributed by atoms with Crippen molar-refractivity contribution in [2.75, 3.05) is 31.1 Å². The first-order valence-corrected chi connectivity index (χ1v) is 35.9. The van der Waals surface area contributed by atoms with Gasteiger partial charge in [0.25, 0.3) is 0 Å². The minimum atomic E-state index is -2.04. The number of phenolic OH excluding ortho intramolecular Hbond substituents is 1. The zero-order valence-electron chi connectivity index (χ0n) is 56.0. The van der Waals surface area contributed by atoms with Gasteiger partial charge in [-0.15, -0.1) is 0 Å². The number of benzene rings is 4. The summed E-state index contributed by atoms with van der Waals surface area (Å²) < 4.78 is 29.9. The average Bonchev–Trinajstić information content (AvgIpc) is 1.55. The van der Waals surface area contributed by atoms with Crippen molar-refractivity contribution < 1.29 is 72.0 Å². The van der Waals surface area contributed by atoms with Gasteiger partial charge in [-0.1, -0.05) is 43.3 Å². The Hall–Kier alpha value is -9.89.